The molecule has 4 aromatic rings. The summed E-state index contributed by atoms with van der Waals surface area (Å²) in [5.41, 5.74) is 11.2. The number of nitrogens with two attached hydrogens (primary N) is 1. The van der Waals surface area contributed by atoms with Gasteiger partial charge in [-0.1, -0.05) is 0 Å². The Balaban J connectivity index is 1.67. The SMILES string of the molecule is Cc1cc2nc(CN(C)c3nc(N)c4cnn(C)c4n3)[nH]c2cc1C. The van der Waals surface area contributed by atoms with Gasteiger partial charge < -0.3 is 15.6 Å². The van der Waals surface area contributed by atoms with Gasteiger partial charge in [-0.3, -0.25) is 4.68 Å². The van der Waals surface area contributed by atoms with Gasteiger partial charge in [0.25, 0.3) is 0 Å². The Labute approximate surface area is 144 Å². The summed E-state index contributed by atoms with van der Waals surface area (Å²) in [4.78, 5) is 18.9. The van der Waals surface area contributed by atoms with E-state index in [1.54, 1.807) is 10.9 Å². The number of nitrogens with zero attached hydrogens (tertiary/aromatic N) is 6. The molecule has 0 atom stereocenters. The zero-order valence-electron chi connectivity index (χ0n) is 14.7. The van der Waals surface area contributed by atoms with Crippen molar-refractivity contribution in [2.24, 2.45) is 7.05 Å². The van der Waals surface area contributed by atoms with Crippen molar-refractivity contribution in [3.8, 4) is 0 Å². The molecule has 0 spiro atoms. The molecule has 0 radical (unpaired) electrons. The Kier molecular flexibility index (Phi) is 3.34. The van der Waals surface area contributed by atoms with Crippen molar-refractivity contribution in [2.45, 2.75) is 20.4 Å². The van der Waals surface area contributed by atoms with Crippen LogP contribution in [0.2, 0.25) is 0 Å². The number of aromatic amines is 1. The Morgan fingerprint density at radius 3 is 2.72 bits per heavy atom. The van der Waals surface area contributed by atoms with Crippen molar-refractivity contribution in [1.29, 1.82) is 0 Å². The molecule has 0 aliphatic rings. The van der Waals surface area contributed by atoms with Gasteiger partial charge in [0.2, 0.25) is 5.95 Å². The minimum absolute atomic E-state index is 0.427. The summed E-state index contributed by atoms with van der Waals surface area (Å²) in [5, 5.41) is 4.94. The fourth-order valence-corrected chi connectivity index (χ4v) is 2.90. The maximum atomic E-state index is 6.04. The number of imidazole rings is 1. The van der Waals surface area contributed by atoms with Gasteiger partial charge in [-0.05, 0) is 37.1 Å². The molecule has 4 rings (SSSR count). The third-order valence-electron chi connectivity index (χ3n) is 4.48. The maximum absolute atomic E-state index is 6.04. The highest BCUT2D eigenvalue weighted by molar-refractivity contribution is 5.86. The van der Waals surface area contributed by atoms with Gasteiger partial charge in [-0.15, -0.1) is 0 Å². The van der Waals surface area contributed by atoms with E-state index in [9.17, 15) is 0 Å². The number of anilines is 2. The molecule has 8 nitrogen and oxygen atoms in total. The van der Waals surface area contributed by atoms with Crippen molar-refractivity contribution in [2.75, 3.05) is 17.7 Å². The lowest BCUT2D eigenvalue weighted by Crippen LogP contribution is -2.20. The van der Waals surface area contributed by atoms with Crippen molar-refractivity contribution in [3.63, 3.8) is 0 Å². The Hall–Kier alpha value is -3.16. The summed E-state index contributed by atoms with van der Waals surface area (Å²) in [6.07, 6.45) is 1.68. The number of hydrogen-bond acceptors (Lipinski definition) is 6. The van der Waals surface area contributed by atoms with Crippen LogP contribution in [0.5, 0.6) is 0 Å². The predicted octanol–water partition coefficient (Wildman–Crippen LogP) is 2.08. The number of rotatable bonds is 3. The van der Waals surface area contributed by atoms with Gasteiger partial charge >= 0.3 is 0 Å². The number of H-pyrrole nitrogens is 1. The zero-order chi connectivity index (χ0) is 17.7. The number of hydrogen-bond donors (Lipinski definition) is 2. The average Bonchev–Trinajstić information content (AvgIpc) is 3.11. The van der Waals surface area contributed by atoms with Gasteiger partial charge in [-0.2, -0.15) is 15.1 Å². The lowest BCUT2D eigenvalue weighted by Gasteiger charge is -2.16. The smallest absolute Gasteiger partial charge is 0.229 e. The van der Waals surface area contributed by atoms with Gasteiger partial charge in [0.1, 0.15) is 11.6 Å². The van der Waals surface area contributed by atoms with E-state index in [-0.39, 0.29) is 0 Å². The Bertz CT molecular complexity index is 1050. The van der Waals surface area contributed by atoms with Crippen LogP contribution in [0, 0.1) is 13.8 Å². The molecule has 0 saturated heterocycles. The maximum Gasteiger partial charge on any atom is 0.229 e. The summed E-state index contributed by atoms with van der Waals surface area (Å²) in [6.45, 7) is 4.74. The van der Waals surface area contributed by atoms with Gasteiger partial charge in [0.15, 0.2) is 5.65 Å². The van der Waals surface area contributed by atoms with Crippen LogP contribution in [0.1, 0.15) is 17.0 Å². The van der Waals surface area contributed by atoms with Crippen molar-refractivity contribution >= 4 is 33.8 Å². The molecular formula is C17H20N8. The molecule has 0 saturated carbocycles. The van der Waals surface area contributed by atoms with E-state index in [1.807, 2.05) is 19.0 Å². The van der Waals surface area contributed by atoms with Gasteiger partial charge in [-0.25, -0.2) is 4.98 Å². The van der Waals surface area contributed by atoms with Crippen LogP contribution < -0.4 is 10.6 Å². The van der Waals surface area contributed by atoms with E-state index in [0.29, 0.717) is 24.0 Å². The van der Waals surface area contributed by atoms with E-state index < -0.39 is 0 Å². The lowest BCUT2D eigenvalue weighted by molar-refractivity contribution is 0.778. The van der Waals surface area contributed by atoms with Crippen LogP contribution in [0.4, 0.5) is 11.8 Å². The topological polar surface area (TPSA) is 102 Å². The lowest BCUT2D eigenvalue weighted by atomic mass is 10.1. The molecule has 3 heterocycles. The van der Waals surface area contributed by atoms with E-state index in [0.717, 1.165) is 22.2 Å². The first-order valence-corrected chi connectivity index (χ1v) is 8.04. The Morgan fingerprint density at radius 1 is 1.16 bits per heavy atom. The summed E-state index contributed by atoms with van der Waals surface area (Å²) in [6, 6.07) is 4.22. The number of nitrogen functional groups attached to an aromatic ring is 1. The van der Waals surface area contributed by atoms with E-state index in [4.69, 9.17) is 5.73 Å². The van der Waals surface area contributed by atoms with Crippen LogP contribution in [0.3, 0.4) is 0 Å². The van der Waals surface area contributed by atoms with Gasteiger partial charge in [0.05, 0.1) is 29.2 Å². The van der Waals surface area contributed by atoms with Crippen molar-refractivity contribution in [3.05, 3.63) is 35.3 Å². The third kappa shape index (κ3) is 2.55. The highest BCUT2D eigenvalue weighted by atomic mass is 15.3. The quantitative estimate of drug-likeness (QED) is 0.594. The number of aryl methyl sites for hydroxylation is 3. The second kappa shape index (κ2) is 5.44. The standard InChI is InChI=1S/C17H20N8/c1-9-5-12-13(6-10(9)2)21-14(20-12)8-24(3)17-22-15(18)11-7-19-25(4)16(11)23-17/h5-7H,8H2,1-4H3,(H,20,21)(H2,18,22,23). The number of nitrogens with one attached hydrogen (secondary N) is 1. The fourth-order valence-electron chi connectivity index (χ4n) is 2.90. The number of benzene rings is 1. The minimum atomic E-state index is 0.427. The molecule has 1 aromatic carbocycles. The van der Waals surface area contributed by atoms with Crippen molar-refractivity contribution < 1.29 is 0 Å². The molecular weight excluding hydrogens is 316 g/mol. The molecule has 8 heteroatoms. The summed E-state index contributed by atoms with van der Waals surface area (Å²) in [5.74, 6) is 1.83. The molecule has 0 aliphatic heterocycles. The minimum Gasteiger partial charge on any atom is -0.383 e. The average molecular weight is 336 g/mol. The molecule has 25 heavy (non-hydrogen) atoms. The first-order chi connectivity index (χ1) is 11.9. The first kappa shape index (κ1) is 15.4. The second-order valence-corrected chi connectivity index (χ2v) is 6.41. The molecule has 0 fully saturated rings. The second-order valence-electron chi connectivity index (χ2n) is 6.41. The van der Waals surface area contributed by atoms with Crippen LogP contribution in [0.25, 0.3) is 22.1 Å². The van der Waals surface area contributed by atoms with Crippen LogP contribution in [0.15, 0.2) is 18.3 Å². The van der Waals surface area contributed by atoms with Crippen molar-refractivity contribution in [1.82, 2.24) is 29.7 Å². The zero-order valence-corrected chi connectivity index (χ0v) is 14.7. The normalized spacial score (nSPS) is 11.5. The summed E-state index contributed by atoms with van der Waals surface area (Å²) in [7, 11) is 3.75. The van der Waals surface area contributed by atoms with Crippen LogP contribution >= 0.6 is 0 Å². The highest BCUT2D eigenvalue weighted by Gasteiger charge is 2.14. The van der Waals surface area contributed by atoms with Crippen LogP contribution in [-0.2, 0) is 13.6 Å². The van der Waals surface area contributed by atoms with Crippen LogP contribution in [-0.4, -0.2) is 36.8 Å². The molecule has 128 valence electrons. The first-order valence-electron chi connectivity index (χ1n) is 8.04. The third-order valence-corrected chi connectivity index (χ3v) is 4.48. The highest BCUT2D eigenvalue weighted by Crippen LogP contribution is 2.22. The van der Waals surface area contributed by atoms with E-state index in [1.165, 1.54) is 11.1 Å². The largest absolute Gasteiger partial charge is 0.383 e. The monoisotopic (exact) mass is 336 g/mol. The Morgan fingerprint density at radius 2 is 1.92 bits per heavy atom. The summed E-state index contributed by atoms with van der Waals surface area (Å²) < 4.78 is 1.69. The molecule has 0 bridgehead atoms. The summed E-state index contributed by atoms with van der Waals surface area (Å²) >= 11 is 0. The fraction of sp³-hybridized carbons (Fsp3) is 0.294. The molecule has 3 aromatic heterocycles. The predicted molar refractivity (Wildman–Crippen MR) is 98.4 cm³/mol. The van der Waals surface area contributed by atoms with E-state index in [2.05, 4.69) is 51.0 Å². The molecule has 0 aliphatic carbocycles. The number of aromatic nitrogens is 6. The van der Waals surface area contributed by atoms with E-state index >= 15 is 0 Å². The molecule has 3 N–H and O–H groups in total. The molecule has 0 unspecified atom stereocenters. The number of fused-ring (bicyclic) bond motifs is 2. The molecule has 0 amide bonds. The van der Waals surface area contributed by atoms with Gasteiger partial charge in [0, 0.05) is 14.1 Å².